The first kappa shape index (κ1) is 20.1. The molecule has 0 amide bonds. The molecule has 160 valence electrons. The second kappa shape index (κ2) is 6.85. The van der Waals surface area contributed by atoms with Crippen LogP contribution in [0.2, 0.25) is 18.1 Å². The molecule has 0 unspecified atom stereocenters. The molecule has 6 rings (SSSR count). The summed E-state index contributed by atoms with van der Waals surface area (Å²) in [4.78, 5) is 0. The highest BCUT2D eigenvalue weighted by molar-refractivity contribution is 6.74. The molecule has 1 saturated carbocycles. The summed E-state index contributed by atoms with van der Waals surface area (Å²) in [5, 5.41) is 0.0895. The van der Waals surface area contributed by atoms with Crippen molar-refractivity contribution in [2.24, 2.45) is 0 Å². The SMILES string of the molecule is CC(C)(C)[Si](C)(C)O[C@@H]1[C@H]2O[C@H]3O[C@@H]([C@@H]2OCc2ccccc2)[C@]2(CCO2)[C@H]1O3. The lowest BCUT2D eigenvalue weighted by Crippen LogP contribution is -2.84. The first-order valence-electron chi connectivity index (χ1n) is 10.6. The Bertz CT molecular complexity index is 743. The third kappa shape index (κ3) is 3.14. The fourth-order valence-electron chi connectivity index (χ4n) is 4.63. The average Bonchev–Trinajstić information content (AvgIpc) is 2.62. The van der Waals surface area contributed by atoms with Gasteiger partial charge in [-0.3, -0.25) is 0 Å². The fourth-order valence-corrected chi connectivity index (χ4v) is 5.93. The number of rotatable bonds is 5. The Hall–Kier alpha value is -0.803. The molecule has 0 N–H and O–H groups in total. The molecule has 0 aromatic heterocycles. The van der Waals surface area contributed by atoms with Gasteiger partial charge in [-0.25, -0.2) is 0 Å². The van der Waals surface area contributed by atoms with Gasteiger partial charge in [-0.05, 0) is 23.7 Å². The lowest BCUT2D eigenvalue weighted by molar-refractivity contribution is -0.517. The molecule has 7 heteroatoms. The van der Waals surface area contributed by atoms with E-state index < -0.39 is 20.4 Å². The molecule has 5 fully saturated rings. The van der Waals surface area contributed by atoms with Crippen molar-refractivity contribution < 1.29 is 28.1 Å². The second-order valence-corrected chi connectivity index (χ2v) is 14.9. The summed E-state index contributed by atoms with van der Waals surface area (Å²) in [5.74, 6) is 0. The van der Waals surface area contributed by atoms with Gasteiger partial charge in [-0.2, -0.15) is 0 Å². The van der Waals surface area contributed by atoms with Crippen LogP contribution in [-0.2, 0) is 34.7 Å². The van der Waals surface area contributed by atoms with Crippen molar-refractivity contribution in [2.75, 3.05) is 6.61 Å². The van der Waals surface area contributed by atoms with E-state index in [1.54, 1.807) is 0 Å². The van der Waals surface area contributed by atoms with Crippen LogP contribution in [0.15, 0.2) is 30.3 Å². The van der Waals surface area contributed by atoms with Gasteiger partial charge < -0.3 is 28.1 Å². The quantitative estimate of drug-likeness (QED) is 0.679. The van der Waals surface area contributed by atoms with E-state index in [-0.39, 0.29) is 35.6 Å². The van der Waals surface area contributed by atoms with Crippen LogP contribution in [0.3, 0.4) is 0 Å². The van der Waals surface area contributed by atoms with Gasteiger partial charge in [0.15, 0.2) is 8.32 Å². The van der Waals surface area contributed by atoms with E-state index in [9.17, 15) is 0 Å². The maximum atomic E-state index is 6.87. The molecule has 6 nitrogen and oxygen atoms in total. The molecule has 29 heavy (non-hydrogen) atoms. The zero-order chi connectivity index (χ0) is 20.4. The Morgan fingerprint density at radius 1 is 1.03 bits per heavy atom. The molecule has 1 spiro atoms. The van der Waals surface area contributed by atoms with Crippen molar-refractivity contribution >= 4 is 8.32 Å². The molecular weight excluding hydrogens is 388 g/mol. The Morgan fingerprint density at radius 2 is 1.69 bits per heavy atom. The third-order valence-electron chi connectivity index (χ3n) is 7.38. The molecule has 1 aromatic rings. The van der Waals surface area contributed by atoms with Crippen molar-refractivity contribution in [1.82, 2.24) is 0 Å². The molecule has 0 radical (unpaired) electrons. The topological polar surface area (TPSA) is 55.4 Å². The Labute approximate surface area is 173 Å². The van der Waals surface area contributed by atoms with Crippen LogP contribution in [-0.4, -0.2) is 57.5 Å². The van der Waals surface area contributed by atoms with Crippen molar-refractivity contribution in [3.8, 4) is 0 Å². The van der Waals surface area contributed by atoms with Gasteiger partial charge in [0.05, 0.1) is 13.2 Å². The van der Waals surface area contributed by atoms with Gasteiger partial charge >= 0.3 is 0 Å². The zero-order valence-electron chi connectivity index (χ0n) is 17.9. The first-order chi connectivity index (χ1) is 13.7. The first-order valence-corrected chi connectivity index (χ1v) is 13.6. The molecule has 4 heterocycles. The van der Waals surface area contributed by atoms with E-state index in [1.807, 2.05) is 18.2 Å². The summed E-state index contributed by atoms with van der Waals surface area (Å²) in [5.41, 5.74) is 0.633. The zero-order valence-corrected chi connectivity index (χ0v) is 18.9. The highest BCUT2D eigenvalue weighted by Crippen LogP contribution is 2.54. The summed E-state index contributed by atoms with van der Waals surface area (Å²) in [6.07, 6.45) is -0.156. The van der Waals surface area contributed by atoms with Gasteiger partial charge in [0.25, 0.3) is 6.48 Å². The van der Waals surface area contributed by atoms with Crippen molar-refractivity contribution in [3.05, 3.63) is 35.9 Å². The lowest BCUT2D eigenvalue weighted by atomic mass is 9.69. The van der Waals surface area contributed by atoms with Crippen LogP contribution in [0.1, 0.15) is 32.8 Å². The minimum Gasteiger partial charge on any atom is -0.408 e. The normalized spacial score (nSPS) is 41.0. The van der Waals surface area contributed by atoms with E-state index in [0.29, 0.717) is 13.2 Å². The monoisotopic (exact) mass is 420 g/mol. The molecule has 5 aliphatic rings. The summed E-state index contributed by atoms with van der Waals surface area (Å²) in [6.45, 7) is 11.8. The molecule has 4 saturated heterocycles. The van der Waals surface area contributed by atoms with Gasteiger partial charge in [0.2, 0.25) is 0 Å². The van der Waals surface area contributed by atoms with E-state index in [2.05, 4.69) is 46.0 Å². The van der Waals surface area contributed by atoms with Crippen molar-refractivity contribution in [1.29, 1.82) is 0 Å². The van der Waals surface area contributed by atoms with Crippen LogP contribution in [0.25, 0.3) is 0 Å². The molecule has 4 aliphatic heterocycles. The molecule has 4 bridgehead atoms. The number of hydrogen-bond acceptors (Lipinski definition) is 6. The molecule has 7 atom stereocenters. The summed E-state index contributed by atoms with van der Waals surface area (Å²) in [6, 6.07) is 10.2. The van der Waals surface area contributed by atoms with Gasteiger partial charge in [0, 0.05) is 6.42 Å². The van der Waals surface area contributed by atoms with E-state index in [4.69, 9.17) is 28.1 Å². The van der Waals surface area contributed by atoms with E-state index >= 15 is 0 Å². The number of hydrogen-bond donors (Lipinski definition) is 0. The predicted molar refractivity (Wildman–Crippen MR) is 109 cm³/mol. The minimum atomic E-state index is -2.05. The highest BCUT2D eigenvalue weighted by atomic mass is 28.4. The largest absolute Gasteiger partial charge is 0.408 e. The highest BCUT2D eigenvalue weighted by Gasteiger charge is 2.73. The molecular formula is C22H32O6Si. The lowest BCUT2D eigenvalue weighted by Gasteiger charge is -2.67. The molecule has 1 aromatic carbocycles. The predicted octanol–water partition coefficient (Wildman–Crippen LogP) is 3.60. The Morgan fingerprint density at radius 3 is 2.28 bits per heavy atom. The standard InChI is InChI=1S/C22H32O6Si/c1-21(2,3)29(4,5)28-17-15-16(23-13-14-9-7-6-8-10-14)18-22(11-12-24-22)19(17)27-20(25-15)26-18/h6-10,15-20H,11-13H2,1-5H3/t15-,16+,17+,18-,19-,20-,22+/m0/s1. The van der Waals surface area contributed by atoms with Gasteiger partial charge in [-0.15, -0.1) is 0 Å². The van der Waals surface area contributed by atoms with Gasteiger partial charge in [-0.1, -0.05) is 51.1 Å². The summed E-state index contributed by atoms with van der Waals surface area (Å²) >= 11 is 0. The summed E-state index contributed by atoms with van der Waals surface area (Å²) in [7, 11) is -2.05. The Kier molecular flexibility index (Phi) is 4.75. The third-order valence-corrected chi connectivity index (χ3v) is 11.9. The van der Waals surface area contributed by atoms with Gasteiger partial charge in [0.1, 0.15) is 36.1 Å². The van der Waals surface area contributed by atoms with Crippen LogP contribution < -0.4 is 0 Å². The van der Waals surface area contributed by atoms with Crippen molar-refractivity contribution in [3.63, 3.8) is 0 Å². The molecule has 1 aliphatic carbocycles. The van der Waals surface area contributed by atoms with E-state index in [1.165, 1.54) is 0 Å². The summed E-state index contributed by atoms with van der Waals surface area (Å²) < 4.78 is 37.8. The fraction of sp³-hybridized carbons (Fsp3) is 0.727. The smallest absolute Gasteiger partial charge is 0.273 e. The maximum Gasteiger partial charge on any atom is 0.273 e. The van der Waals surface area contributed by atoms with Crippen LogP contribution in [0.5, 0.6) is 0 Å². The second-order valence-electron chi connectivity index (χ2n) is 10.2. The minimum absolute atomic E-state index is 0.0895. The number of benzene rings is 1. The number of ether oxygens (including phenoxy) is 5. The van der Waals surface area contributed by atoms with Crippen LogP contribution in [0.4, 0.5) is 0 Å². The Balaban J connectivity index is 1.43. The maximum absolute atomic E-state index is 6.87. The average molecular weight is 421 g/mol. The van der Waals surface area contributed by atoms with E-state index in [0.717, 1.165) is 12.0 Å². The van der Waals surface area contributed by atoms with Crippen molar-refractivity contribution in [2.45, 2.75) is 94.5 Å². The van der Waals surface area contributed by atoms with Crippen LogP contribution in [0, 0.1) is 0 Å². The van der Waals surface area contributed by atoms with Crippen LogP contribution >= 0.6 is 0 Å².